The SMILES string of the molecule is N#Cc1c(-n2c3ccccc3c3ccc(-c4ccccc4)cc32)cc(-c2cc(F)c(F)c(F)c2)cc1-n1c2ccccc2c2ccc(-c3ccccc3)cc21. The second-order valence-corrected chi connectivity index (χ2v) is 13.7. The van der Waals surface area contributed by atoms with Crippen molar-refractivity contribution in [2.75, 3.05) is 0 Å². The van der Waals surface area contributed by atoms with Gasteiger partial charge in [0.15, 0.2) is 17.5 Å². The highest BCUT2D eigenvalue weighted by Crippen LogP contribution is 2.42. The van der Waals surface area contributed by atoms with Gasteiger partial charge in [0.05, 0.1) is 33.4 Å². The minimum absolute atomic E-state index is 0.139. The summed E-state index contributed by atoms with van der Waals surface area (Å²) in [5.74, 6) is -4.13. The average Bonchev–Trinajstić information content (AvgIpc) is 3.74. The van der Waals surface area contributed by atoms with Gasteiger partial charge in [0, 0.05) is 21.5 Å². The summed E-state index contributed by atoms with van der Waals surface area (Å²) in [6.07, 6.45) is 0. The van der Waals surface area contributed by atoms with E-state index in [0.717, 1.165) is 78.0 Å². The summed E-state index contributed by atoms with van der Waals surface area (Å²) >= 11 is 0. The largest absolute Gasteiger partial charge is 0.308 e. The van der Waals surface area contributed by atoms with E-state index < -0.39 is 17.5 Å². The molecule has 10 rings (SSSR count). The average molecular weight is 716 g/mol. The van der Waals surface area contributed by atoms with Crippen molar-refractivity contribution in [1.82, 2.24) is 9.13 Å². The van der Waals surface area contributed by atoms with Crippen LogP contribution in [0.5, 0.6) is 0 Å². The van der Waals surface area contributed by atoms with Crippen LogP contribution in [-0.4, -0.2) is 9.13 Å². The molecule has 0 fully saturated rings. The standard InChI is InChI=1S/C49H28F3N3/c50-41-23-34(24-42(51)49(41)52)35-27-47(54-43-17-9-7-15-36(43)38-21-19-32(25-45(38)54)30-11-3-1-4-12-30)40(29-53)48(28-35)55-44-18-10-8-16-37(44)39-22-20-33(26-46(39)55)31-13-5-2-6-14-31/h1-28H. The van der Waals surface area contributed by atoms with Gasteiger partial charge in [-0.1, -0.05) is 121 Å². The molecule has 3 nitrogen and oxygen atoms in total. The second-order valence-electron chi connectivity index (χ2n) is 13.7. The normalized spacial score (nSPS) is 11.5. The molecule has 0 aliphatic heterocycles. The number of hydrogen-bond donors (Lipinski definition) is 0. The lowest BCUT2D eigenvalue weighted by Gasteiger charge is -2.19. The Morgan fingerprint density at radius 1 is 0.364 bits per heavy atom. The van der Waals surface area contributed by atoms with Crippen LogP contribution >= 0.6 is 0 Å². The lowest BCUT2D eigenvalue weighted by atomic mass is 9.99. The molecule has 0 saturated carbocycles. The molecule has 8 aromatic carbocycles. The third-order valence-corrected chi connectivity index (χ3v) is 10.6. The van der Waals surface area contributed by atoms with E-state index in [9.17, 15) is 18.4 Å². The quantitative estimate of drug-likeness (QED) is 0.163. The van der Waals surface area contributed by atoms with E-state index in [-0.39, 0.29) is 5.56 Å². The molecular weight excluding hydrogens is 688 g/mol. The van der Waals surface area contributed by atoms with Gasteiger partial charge < -0.3 is 9.13 Å². The number of nitriles is 1. The number of halogens is 3. The Balaban J connectivity index is 1.36. The summed E-state index contributed by atoms with van der Waals surface area (Å²) in [7, 11) is 0. The molecule has 260 valence electrons. The molecule has 2 aromatic heterocycles. The van der Waals surface area contributed by atoms with Gasteiger partial charge in [-0.15, -0.1) is 0 Å². The van der Waals surface area contributed by atoms with Crippen molar-refractivity contribution in [2.24, 2.45) is 0 Å². The summed E-state index contributed by atoms with van der Waals surface area (Å²) in [6.45, 7) is 0. The van der Waals surface area contributed by atoms with E-state index in [1.165, 1.54) is 0 Å². The van der Waals surface area contributed by atoms with Crippen molar-refractivity contribution in [2.45, 2.75) is 0 Å². The van der Waals surface area contributed by atoms with Crippen LogP contribution in [0, 0.1) is 28.8 Å². The van der Waals surface area contributed by atoms with Crippen molar-refractivity contribution < 1.29 is 13.2 Å². The monoisotopic (exact) mass is 715 g/mol. The van der Waals surface area contributed by atoms with Crippen LogP contribution in [0.4, 0.5) is 13.2 Å². The molecule has 55 heavy (non-hydrogen) atoms. The number of fused-ring (bicyclic) bond motifs is 6. The van der Waals surface area contributed by atoms with Gasteiger partial charge in [-0.05, 0) is 81.9 Å². The van der Waals surface area contributed by atoms with E-state index in [0.29, 0.717) is 22.5 Å². The van der Waals surface area contributed by atoms with Gasteiger partial charge in [0.2, 0.25) is 0 Å². The van der Waals surface area contributed by atoms with Crippen LogP contribution in [0.2, 0.25) is 0 Å². The molecule has 0 N–H and O–H groups in total. The number of aromatic nitrogens is 2. The summed E-state index contributed by atoms with van der Waals surface area (Å²) in [6, 6.07) is 56.8. The lowest BCUT2D eigenvalue weighted by Crippen LogP contribution is -2.05. The number of para-hydroxylation sites is 2. The number of hydrogen-bond acceptors (Lipinski definition) is 1. The maximum absolute atomic E-state index is 15.0. The molecule has 0 saturated heterocycles. The molecule has 0 bridgehead atoms. The van der Waals surface area contributed by atoms with E-state index in [1.807, 2.05) is 72.8 Å². The van der Waals surface area contributed by atoms with Gasteiger partial charge in [0.1, 0.15) is 11.6 Å². The first-order valence-electron chi connectivity index (χ1n) is 17.9. The third kappa shape index (κ3) is 5.13. The van der Waals surface area contributed by atoms with Crippen LogP contribution in [0.1, 0.15) is 5.56 Å². The van der Waals surface area contributed by atoms with Crippen molar-refractivity contribution in [1.29, 1.82) is 5.26 Å². The van der Waals surface area contributed by atoms with Gasteiger partial charge >= 0.3 is 0 Å². The third-order valence-electron chi connectivity index (χ3n) is 10.6. The predicted molar refractivity (Wildman–Crippen MR) is 216 cm³/mol. The molecule has 0 atom stereocenters. The Bertz CT molecular complexity index is 2990. The Morgan fingerprint density at radius 3 is 1.22 bits per heavy atom. The zero-order valence-corrected chi connectivity index (χ0v) is 29.1. The highest BCUT2D eigenvalue weighted by atomic mass is 19.2. The molecule has 0 unspecified atom stereocenters. The molecule has 0 amide bonds. The second kappa shape index (κ2) is 12.6. The van der Waals surface area contributed by atoms with E-state index in [2.05, 4.69) is 88.0 Å². The van der Waals surface area contributed by atoms with Gasteiger partial charge in [-0.25, -0.2) is 13.2 Å². The van der Waals surface area contributed by atoms with E-state index in [4.69, 9.17) is 0 Å². The van der Waals surface area contributed by atoms with Crippen LogP contribution in [0.15, 0.2) is 170 Å². The Hall–Kier alpha value is -7.36. The van der Waals surface area contributed by atoms with Crippen LogP contribution < -0.4 is 0 Å². The zero-order valence-electron chi connectivity index (χ0n) is 29.1. The molecule has 6 heteroatoms. The molecule has 0 aliphatic rings. The summed E-state index contributed by atoms with van der Waals surface area (Å²) in [4.78, 5) is 0. The van der Waals surface area contributed by atoms with Crippen LogP contribution in [-0.2, 0) is 0 Å². The highest BCUT2D eigenvalue weighted by Gasteiger charge is 2.24. The minimum Gasteiger partial charge on any atom is -0.308 e. The lowest BCUT2D eigenvalue weighted by molar-refractivity contribution is 0.447. The highest BCUT2D eigenvalue weighted by molar-refractivity contribution is 6.12. The van der Waals surface area contributed by atoms with Gasteiger partial charge in [-0.2, -0.15) is 5.26 Å². The fourth-order valence-electron chi connectivity index (χ4n) is 8.05. The summed E-state index contributed by atoms with van der Waals surface area (Å²) < 4.78 is 48.5. The van der Waals surface area contributed by atoms with Crippen molar-refractivity contribution in [3.8, 4) is 50.8 Å². The Labute approximate surface area is 314 Å². The van der Waals surface area contributed by atoms with Crippen LogP contribution in [0.3, 0.4) is 0 Å². The summed E-state index contributed by atoms with van der Waals surface area (Å²) in [5, 5.41) is 15.2. The van der Waals surface area contributed by atoms with Gasteiger partial charge in [-0.3, -0.25) is 0 Å². The summed E-state index contributed by atoms with van der Waals surface area (Å²) in [5.41, 5.74) is 9.41. The Morgan fingerprint density at radius 2 is 0.764 bits per heavy atom. The molecule has 0 spiro atoms. The first-order chi connectivity index (χ1) is 27.0. The predicted octanol–water partition coefficient (Wildman–Crippen LogP) is 13.2. The molecule has 0 aliphatic carbocycles. The fraction of sp³-hybridized carbons (Fsp3) is 0. The molecular formula is C49H28F3N3. The smallest absolute Gasteiger partial charge is 0.194 e. The number of nitrogens with zero attached hydrogens (tertiary/aromatic N) is 3. The first kappa shape index (κ1) is 32.3. The molecule has 10 aromatic rings. The fourth-order valence-corrected chi connectivity index (χ4v) is 8.05. The maximum Gasteiger partial charge on any atom is 0.194 e. The molecule has 0 radical (unpaired) electrons. The Kier molecular flexibility index (Phi) is 7.43. The molecule has 2 heterocycles. The van der Waals surface area contributed by atoms with Crippen molar-refractivity contribution in [3.63, 3.8) is 0 Å². The maximum atomic E-state index is 15.0. The van der Waals surface area contributed by atoms with E-state index in [1.54, 1.807) is 12.1 Å². The van der Waals surface area contributed by atoms with Crippen molar-refractivity contribution in [3.05, 3.63) is 193 Å². The van der Waals surface area contributed by atoms with E-state index >= 15 is 0 Å². The number of benzene rings is 8. The number of rotatable bonds is 5. The van der Waals surface area contributed by atoms with Crippen LogP contribution in [0.25, 0.3) is 88.4 Å². The topological polar surface area (TPSA) is 33.6 Å². The zero-order chi connectivity index (χ0) is 37.2. The van der Waals surface area contributed by atoms with Crippen molar-refractivity contribution >= 4 is 43.6 Å². The minimum atomic E-state index is -1.54. The van der Waals surface area contributed by atoms with Gasteiger partial charge in [0.25, 0.3) is 0 Å². The first-order valence-corrected chi connectivity index (χ1v) is 17.9.